The Morgan fingerprint density at radius 2 is 2.28 bits per heavy atom. The van der Waals surface area contributed by atoms with E-state index in [2.05, 4.69) is 12.2 Å². The molecule has 0 saturated carbocycles. The number of primary amides is 1. The maximum atomic E-state index is 13.5. The van der Waals surface area contributed by atoms with Crippen molar-refractivity contribution >= 4 is 5.91 Å². The third kappa shape index (κ3) is 2.86. The van der Waals surface area contributed by atoms with Gasteiger partial charge >= 0.3 is 0 Å². The Morgan fingerprint density at radius 1 is 1.56 bits per heavy atom. The predicted molar refractivity (Wildman–Crippen MR) is 65.6 cm³/mol. The van der Waals surface area contributed by atoms with Crippen LogP contribution in [-0.4, -0.2) is 25.7 Å². The zero-order chi connectivity index (χ0) is 13.2. The number of halogens is 1. The number of hydrogen-bond donors (Lipinski definition) is 2. The Hall–Kier alpha value is -1.46. The number of rotatable bonds is 5. The Morgan fingerprint density at radius 3 is 2.83 bits per heavy atom. The fraction of sp³-hybridized carbons (Fsp3) is 0.462. The van der Waals surface area contributed by atoms with Crippen LogP contribution >= 0.6 is 0 Å². The van der Waals surface area contributed by atoms with E-state index >= 15 is 0 Å². The molecule has 98 valence electrons. The van der Waals surface area contributed by atoms with Crippen LogP contribution in [0.25, 0.3) is 0 Å². The predicted octanol–water partition coefficient (Wildman–Crippen LogP) is 1.05. The molecule has 4 nitrogen and oxygen atoms in total. The summed E-state index contributed by atoms with van der Waals surface area (Å²) in [4.78, 5) is 11.0. The van der Waals surface area contributed by atoms with Gasteiger partial charge in [0.2, 0.25) is 5.91 Å². The van der Waals surface area contributed by atoms with Crippen molar-refractivity contribution in [2.24, 2.45) is 11.1 Å². The molecule has 0 unspecified atom stereocenters. The fourth-order valence-corrected chi connectivity index (χ4v) is 1.92. The highest BCUT2D eigenvalue weighted by Gasteiger charge is 2.32. The van der Waals surface area contributed by atoms with Crippen LogP contribution in [0.2, 0.25) is 0 Å². The van der Waals surface area contributed by atoms with Crippen molar-refractivity contribution in [3.8, 4) is 0 Å². The van der Waals surface area contributed by atoms with Gasteiger partial charge in [-0.3, -0.25) is 4.79 Å². The molecule has 1 aliphatic heterocycles. The van der Waals surface area contributed by atoms with Gasteiger partial charge in [0.1, 0.15) is 5.82 Å². The third-order valence-electron chi connectivity index (χ3n) is 3.10. The molecular formula is C13H17FN2O2. The molecule has 1 amide bonds. The number of nitrogens with one attached hydrogen (secondary N) is 1. The highest BCUT2D eigenvalue weighted by molar-refractivity contribution is 5.92. The molecule has 1 aliphatic rings. The lowest BCUT2D eigenvalue weighted by Crippen LogP contribution is -2.47. The Bertz CT molecular complexity index is 458. The summed E-state index contributed by atoms with van der Waals surface area (Å²) >= 11 is 0. The van der Waals surface area contributed by atoms with Gasteiger partial charge in [-0.25, -0.2) is 4.39 Å². The summed E-state index contributed by atoms with van der Waals surface area (Å²) in [7, 11) is 0. The van der Waals surface area contributed by atoms with E-state index in [0.29, 0.717) is 17.7 Å². The van der Waals surface area contributed by atoms with Crippen molar-refractivity contribution in [2.45, 2.75) is 13.5 Å². The third-order valence-corrected chi connectivity index (χ3v) is 3.10. The molecule has 0 atom stereocenters. The minimum absolute atomic E-state index is 0.137. The summed E-state index contributed by atoms with van der Waals surface area (Å²) in [5, 5.41) is 3.18. The molecular weight excluding hydrogens is 235 g/mol. The van der Waals surface area contributed by atoms with Crippen LogP contribution in [-0.2, 0) is 11.3 Å². The molecule has 1 saturated heterocycles. The van der Waals surface area contributed by atoms with Crippen LogP contribution in [0.4, 0.5) is 4.39 Å². The van der Waals surface area contributed by atoms with E-state index in [0.717, 1.165) is 19.8 Å². The number of hydrogen-bond acceptors (Lipinski definition) is 3. The molecule has 18 heavy (non-hydrogen) atoms. The SMILES string of the molecule is CC1(CNCc2cc(C(N)=O)ccc2F)COC1. The summed E-state index contributed by atoms with van der Waals surface area (Å²) < 4.78 is 18.7. The van der Waals surface area contributed by atoms with Crippen molar-refractivity contribution in [3.63, 3.8) is 0 Å². The van der Waals surface area contributed by atoms with Gasteiger partial charge in [-0.15, -0.1) is 0 Å². The van der Waals surface area contributed by atoms with Gasteiger partial charge in [-0.1, -0.05) is 6.92 Å². The van der Waals surface area contributed by atoms with Crippen LogP contribution in [0.5, 0.6) is 0 Å². The fourth-order valence-electron chi connectivity index (χ4n) is 1.92. The van der Waals surface area contributed by atoms with E-state index in [1.807, 2.05) is 0 Å². The lowest BCUT2D eigenvalue weighted by Gasteiger charge is -2.38. The van der Waals surface area contributed by atoms with Crippen LogP contribution < -0.4 is 11.1 Å². The first kappa shape index (κ1) is 13.0. The normalized spacial score (nSPS) is 17.2. The molecule has 5 heteroatoms. The lowest BCUT2D eigenvalue weighted by molar-refractivity contribution is -0.0991. The quantitative estimate of drug-likeness (QED) is 0.823. The van der Waals surface area contributed by atoms with E-state index in [1.54, 1.807) is 0 Å². The maximum absolute atomic E-state index is 13.5. The van der Waals surface area contributed by atoms with Crippen molar-refractivity contribution < 1.29 is 13.9 Å². The number of carbonyl (C=O) groups excluding carboxylic acids is 1. The van der Waals surface area contributed by atoms with Gasteiger partial charge in [-0.2, -0.15) is 0 Å². The lowest BCUT2D eigenvalue weighted by atomic mass is 9.89. The van der Waals surface area contributed by atoms with Crippen molar-refractivity contribution in [3.05, 3.63) is 35.1 Å². The highest BCUT2D eigenvalue weighted by atomic mass is 19.1. The summed E-state index contributed by atoms with van der Waals surface area (Å²) in [6.07, 6.45) is 0. The van der Waals surface area contributed by atoms with E-state index in [-0.39, 0.29) is 11.2 Å². The average molecular weight is 252 g/mol. The zero-order valence-electron chi connectivity index (χ0n) is 10.3. The molecule has 1 heterocycles. The molecule has 0 bridgehead atoms. The summed E-state index contributed by atoms with van der Waals surface area (Å²) in [6, 6.07) is 4.15. The topological polar surface area (TPSA) is 64.3 Å². The summed E-state index contributed by atoms with van der Waals surface area (Å²) in [5.41, 5.74) is 6.08. The monoisotopic (exact) mass is 252 g/mol. The Balaban J connectivity index is 1.95. The van der Waals surface area contributed by atoms with E-state index in [1.165, 1.54) is 18.2 Å². The van der Waals surface area contributed by atoms with Gasteiger partial charge in [-0.05, 0) is 18.2 Å². The van der Waals surface area contributed by atoms with Gasteiger partial charge in [0, 0.05) is 29.6 Å². The molecule has 2 rings (SSSR count). The second kappa shape index (κ2) is 5.04. The number of amides is 1. The number of nitrogens with two attached hydrogens (primary N) is 1. The van der Waals surface area contributed by atoms with Crippen LogP contribution in [0.3, 0.4) is 0 Å². The minimum Gasteiger partial charge on any atom is -0.380 e. The maximum Gasteiger partial charge on any atom is 0.248 e. The molecule has 1 aromatic carbocycles. The Labute approximate surface area is 105 Å². The molecule has 3 N–H and O–H groups in total. The first-order chi connectivity index (χ1) is 8.50. The standard InChI is InChI=1S/C13H17FN2O2/c1-13(7-18-8-13)6-16-5-10-4-9(12(15)17)2-3-11(10)14/h2-4,16H,5-8H2,1H3,(H2,15,17). The Kier molecular flexibility index (Phi) is 3.63. The van der Waals surface area contributed by atoms with E-state index in [4.69, 9.17) is 10.5 Å². The largest absolute Gasteiger partial charge is 0.380 e. The second-order valence-electron chi connectivity index (χ2n) is 5.08. The number of ether oxygens (including phenoxy) is 1. The molecule has 1 aromatic rings. The van der Waals surface area contributed by atoms with Crippen LogP contribution in [0.1, 0.15) is 22.8 Å². The van der Waals surface area contributed by atoms with Crippen LogP contribution in [0, 0.1) is 11.2 Å². The average Bonchev–Trinajstić information content (AvgIpc) is 2.29. The number of benzene rings is 1. The van der Waals surface area contributed by atoms with Crippen molar-refractivity contribution in [2.75, 3.05) is 19.8 Å². The van der Waals surface area contributed by atoms with E-state index < -0.39 is 5.91 Å². The van der Waals surface area contributed by atoms with Gasteiger partial charge in [0.25, 0.3) is 0 Å². The summed E-state index contributed by atoms with van der Waals surface area (Å²) in [6.45, 7) is 4.70. The molecule has 0 aliphatic carbocycles. The highest BCUT2D eigenvalue weighted by Crippen LogP contribution is 2.25. The second-order valence-corrected chi connectivity index (χ2v) is 5.08. The molecule has 0 spiro atoms. The van der Waals surface area contributed by atoms with Gasteiger partial charge in [0.15, 0.2) is 0 Å². The molecule has 0 radical (unpaired) electrons. The zero-order valence-corrected chi connectivity index (χ0v) is 10.3. The van der Waals surface area contributed by atoms with E-state index in [9.17, 15) is 9.18 Å². The first-order valence-corrected chi connectivity index (χ1v) is 5.87. The van der Waals surface area contributed by atoms with Crippen molar-refractivity contribution in [1.82, 2.24) is 5.32 Å². The number of carbonyl (C=O) groups is 1. The summed E-state index contributed by atoms with van der Waals surface area (Å²) in [5.74, 6) is -0.877. The van der Waals surface area contributed by atoms with Crippen molar-refractivity contribution in [1.29, 1.82) is 0 Å². The smallest absolute Gasteiger partial charge is 0.248 e. The van der Waals surface area contributed by atoms with Crippen LogP contribution in [0.15, 0.2) is 18.2 Å². The van der Waals surface area contributed by atoms with Gasteiger partial charge in [0.05, 0.1) is 13.2 Å². The van der Waals surface area contributed by atoms with Gasteiger partial charge < -0.3 is 15.8 Å². The first-order valence-electron chi connectivity index (χ1n) is 5.87. The molecule has 0 aromatic heterocycles. The minimum atomic E-state index is -0.546. The molecule has 1 fully saturated rings.